The highest BCUT2D eigenvalue weighted by Gasteiger charge is 2.32. The average molecular weight is 417 g/mol. The van der Waals surface area contributed by atoms with Gasteiger partial charge in [-0.2, -0.15) is 0 Å². The minimum Gasteiger partial charge on any atom is -0.390 e. The number of amides is 2. The maximum atomic E-state index is 14.8. The quantitative estimate of drug-likeness (QED) is 0.743. The number of oxime groups is 1. The molecule has 1 aromatic carbocycles. The molecule has 1 aromatic rings. The van der Waals surface area contributed by atoms with Gasteiger partial charge in [0.05, 0.1) is 12.3 Å². The van der Waals surface area contributed by atoms with Crippen LogP contribution < -0.4 is 5.32 Å². The van der Waals surface area contributed by atoms with E-state index in [4.69, 9.17) is 4.84 Å². The minimum atomic E-state index is -0.370. The van der Waals surface area contributed by atoms with E-state index in [0.29, 0.717) is 49.3 Å². The predicted octanol–water partition coefficient (Wildman–Crippen LogP) is 2.51. The maximum absolute atomic E-state index is 14.8. The van der Waals surface area contributed by atoms with E-state index in [1.165, 1.54) is 13.0 Å². The van der Waals surface area contributed by atoms with Crippen molar-refractivity contribution in [1.29, 1.82) is 0 Å². The number of rotatable bonds is 5. The lowest BCUT2D eigenvalue weighted by molar-refractivity contribution is -0.120. The molecule has 29 heavy (non-hydrogen) atoms. The van der Waals surface area contributed by atoms with Gasteiger partial charge in [0.25, 0.3) is 5.91 Å². The van der Waals surface area contributed by atoms with Gasteiger partial charge in [0.1, 0.15) is 11.9 Å². The van der Waals surface area contributed by atoms with E-state index in [1.54, 1.807) is 6.07 Å². The molecule has 0 saturated carbocycles. The number of nitrogens with zero attached hydrogens (tertiary/aromatic N) is 4. The molecule has 1 N–H and O–H groups in total. The van der Waals surface area contributed by atoms with Crippen LogP contribution in [0.15, 0.2) is 39.1 Å². The zero-order valence-corrected chi connectivity index (χ0v) is 16.6. The summed E-state index contributed by atoms with van der Waals surface area (Å²) in [4.78, 5) is 30.0. The SMILES string of the molecule is CC(=O)NCC1CC(c2ccc(C3=CCN(C4SN=NC4=O)CC3)c(F)c2)=NO1. The van der Waals surface area contributed by atoms with E-state index in [2.05, 4.69) is 20.1 Å². The van der Waals surface area contributed by atoms with Crippen LogP contribution in [0.25, 0.3) is 5.57 Å². The number of nitrogens with one attached hydrogen (secondary N) is 1. The van der Waals surface area contributed by atoms with Gasteiger partial charge in [-0.05, 0) is 18.1 Å². The van der Waals surface area contributed by atoms with Crippen molar-refractivity contribution in [3.63, 3.8) is 0 Å². The zero-order valence-electron chi connectivity index (χ0n) is 15.8. The molecule has 10 heteroatoms. The molecule has 0 bridgehead atoms. The number of carbonyl (C=O) groups excluding carboxylic acids is 2. The van der Waals surface area contributed by atoms with Crippen LogP contribution in [0.3, 0.4) is 0 Å². The van der Waals surface area contributed by atoms with Crippen molar-refractivity contribution < 1.29 is 18.8 Å². The molecule has 2 amide bonds. The number of benzene rings is 1. The van der Waals surface area contributed by atoms with Crippen molar-refractivity contribution in [2.75, 3.05) is 19.6 Å². The first-order valence-corrected chi connectivity index (χ1v) is 10.2. The van der Waals surface area contributed by atoms with Gasteiger partial charge in [-0.15, -0.1) is 9.63 Å². The van der Waals surface area contributed by atoms with Gasteiger partial charge >= 0.3 is 0 Å². The van der Waals surface area contributed by atoms with E-state index in [0.717, 1.165) is 17.5 Å². The molecule has 0 radical (unpaired) electrons. The molecular weight excluding hydrogens is 397 g/mol. The summed E-state index contributed by atoms with van der Waals surface area (Å²) in [6.07, 6.45) is 2.87. The topological polar surface area (TPSA) is 95.7 Å². The van der Waals surface area contributed by atoms with Crippen LogP contribution in [0.5, 0.6) is 0 Å². The van der Waals surface area contributed by atoms with Crippen LogP contribution >= 0.6 is 11.9 Å². The van der Waals surface area contributed by atoms with Crippen molar-refractivity contribution in [3.8, 4) is 0 Å². The van der Waals surface area contributed by atoms with Crippen LogP contribution in [0.2, 0.25) is 0 Å². The minimum absolute atomic E-state index is 0.128. The highest BCUT2D eigenvalue weighted by molar-refractivity contribution is 7.99. The monoisotopic (exact) mass is 417 g/mol. The lowest BCUT2D eigenvalue weighted by atomic mass is 9.96. The lowest BCUT2D eigenvalue weighted by Gasteiger charge is -2.28. The Morgan fingerprint density at radius 1 is 1.45 bits per heavy atom. The predicted molar refractivity (Wildman–Crippen MR) is 107 cm³/mol. The van der Waals surface area contributed by atoms with Crippen LogP contribution in [-0.2, 0) is 14.4 Å². The first-order chi connectivity index (χ1) is 14.0. The molecule has 4 rings (SSSR count). The van der Waals surface area contributed by atoms with Gasteiger partial charge in [0, 0.05) is 49.5 Å². The van der Waals surface area contributed by atoms with E-state index in [1.807, 2.05) is 17.0 Å². The summed E-state index contributed by atoms with van der Waals surface area (Å²) in [6.45, 7) is 3.01. The molecule has 0 fully saturated rings. The summed E-state index contributed by atoms with van der Waals surface area (Å²) in [5.41, 5.74) is 2.81. The standard InChI is InChI=1S/C19H20FN5O3S/c1-11(26)21-10-14-9-17(23-28-14)13-2-3-15(16(20)8-13)12-4-6-25(7-5-12)19-18(27)22-24-29-19/h2-4,8,14,19H,5-7,9-10H2,1H3,(H,21,26). The second kappa shape index (κ2) is 8.42. The second-order valence-electron chi connectivity index (χ2n) is 7.05. The third-order valence-electron chi connectivity index (χ3n) is 5.03. The molecule has 8 nitrogen and oxygen atoms in total. The molecule has 2 atom stereocenters. The molecular formula is C19H20FN5O3S. The maximum Gasteiger partial charge on any atom is 0.294 e. The Kier molecular flexibility index (Phi) is 5.72. The second-order valence-corrected chi connectivity index (χ2v) is 7.87. The average Bonchev–Trinajstić information content (AvgIpc) is 3.35. The van der Waals surface area contributed by atoms with Crippen molar-refractivity contribution in [2.45, 2.75) is 31.2 Å². The van der Waals surface area contributed by atoms with Crippen LogP contribution in [0.4, 0.5) is 4.39 Å². The molecule has 3 aliphatic rings. The van der Waals surface area contributed by atoms with Crippen molar-refractivity contribution in [1.82, 2.24) is 10.2 Å². The Labute approximate surface area is 171 Å². The first kappa shape index (κ1) is 19.7. The summed E-state index contributed by atoms with van der Waals surface area (Å²) in [5.74, 6) is -0.679. The molecule has 0 spiro atoms. The largest absolute Gasteiger partial charge is 0.390 e. The van der Waals surface area contributed by atoms with Gasteiger partial charge in [0.2, 0.25) is 5.91 Å². The molecule has 0 aromatic heterocycles. The Bertz CT molecular complexity index is 932. The zero-order chi connectivity index (χ0) is 20.4. The Morgan fingerprint density at radius 3 is 2.97 bits per heavy atom. The Morgan fingerprint density at radius 2 is 2.31 bits per heavy atom. The molecule has 152 valence electrons. The van der Waals surface area contributed by atoms with Gasteiger partial charge in [-0.3, -0.25) is 14.5 Å². The van der Waals surface area contributed by atoms with Crippen LogP contribution in [0.1, 0.15) is 30.9 Å². The summed E-state index contributed by atoms with van der Waals surface area (Å²) in [7, 11) is 0. The fourth-order valence-corrected chi connectivity index (χ4v) is 4.17. The van der Waals surface area contributed by atoms with Gasteiger partial charge in [-0.1, -0.05) is 23.4 Å². The Hall–Kier alpha value is -2.59. The van der Waals surface area contributed by atoms with E-state index in [9.17, 15) is 14.0 Å². The molecule has 2 unspecified atom stereocenters. The normalized spacial score (nSPS) is 24.3. The highest BCUT2D eigenvalue weighted by Crippen LogP contribution is 2.31. The summed E-state index contributed by atoms with van der Waals surface area (Å²) in [6, 6.07) is 5.07. The van der Waals surface area contributed by atoms with E-state index >= 15 is 0 Å². The number of hydrogen-bond acceptors (Lipinski definition) is 7. The van der Waals surface area contributed by atoms with Crippen LogP contribution in [0, 0.1) is 5.82 Å². The van der Waals surface area contributed by atoms with Crippen LogP contribution in [-0.4, -0.2) is 53.5 Å². The van der Waals surface area contributed by atoms with E-state index < -0.39 is 0 Å². The molecule has 3 heterocycles. The number of halogens is 1. The lowest BCUT2D eigenvalue weighted by Crippen LogP contribution is -2.39. The van der Waals surface area contributed by atoms with Gasteiger partial charge in [-0.25, -0.2) is 4.39 Å². The summed E-state index contributed by atoms with van der Waals surface area (Å²) in [5, 5.41) is 9.90. The number of carbonyl (C=O) groups is 2. The van der Waals surface area contributed by atoms with Crippen molar-refractivity contribution in [2.24, 2.45) is 14.8 Å². The molecule has 0 saturated heterocycles. The first-order valence-electron chi connectivity index (χ1n) is 9.32. The third-order valence-corrected chi connectivity index (χ3v) is 5.91. The van der Waals surface area contributed by atoms with E-state index in [-0.39, 0.29) is 29.1 Å². The highest BCUT2D eigenvalue weighted by atomic mass is 32.2. The number of hydrogen-bond donors (Lipinski definition) is 1. The molecule has 3 aliphatic heterocycles. The Balaban J connectivity index is 1.40. The smallest absolute Gasteiger partial charge is 0.294 e. The summed E-state index contributed by atoms with van der Waals surface area (Å²) >= 11 is 1.16. The van der Waals surface area contributed by atoms with Crippen molar-refractivity contribution in [3.05, 3.63) is 41.2 Å². The molecule has 0 aliphatic carbocycles. The fraction of sp³-hybridized carbons (Fsp3) is 0.421. The third kappa shape index (κ3) is 4.38. The fourth-order valence-electron chi connectivity index (χ4n) is 3.49. The van der Waals surface area contributed by atoms with Crippen molar-refractivity contribution >= 4 is 35.0 Å². The summed E-state index contributed by atoms with van der Waals surface area (Å²) < 4.78 is 18.5. The van der Waals surface area contributed by atoms with Gasteiger partial charge in [0.15, 0.2) is 5.37 Å². The van der Waals surface area contributed by atoms with Gasteiger partial charge < -0.3 is 10.2 Å².